The summed E-state index contributed by atoms with van der Waals surface area (Å²) in [4.78, 5) is 0. The van der Waals surface area contributed by atoms with Crippen LogP contribution in [0.3, 0.4) is 0 Å². The molecule has 0 heterocycles. The predicted molar refractivity (Wildman–Crippen MR) is 99.5 cm³/mol. The summed E-state index contributed by atoms with van der Waals surface area (Å²) in [6, 6.07) is 0. The fraction of sp³-hybridized carbons (Fsp3) is 0.619. The first-order chi connectivity index (χ1) is 10.3. The van der Waals surface area contributed by atoms with Gasteiger partial charge in [-0.15, -0.1) is 0 Å². The maximum Gasteiger partial charge on any atom is 0.123 e. The van der Waals surface area contributed by atoms with Gasteiger partial charge in [0.25, 0.3) is 0 Å². The Hall–Kier alpha value is -1.44. The lowest BCUT2D eigenvalue weighted by Gasteiger charge is -2.29. The van der Waals surface area contributed by atoms with E-state index >= 15 is 0 Å². The molecule has 0 bridgehead atoms. The van der Waals surface area contributed by atoms with Gasteiger partial charge in [0.1, 0.15) is 11.5 Å². The molecule has 0 unspecified atom stereocenters. The number of hydrogen-bond donors (Lipinski definition) is 2. The first-order valence-electron chi connectivity index (χ1n) is 8.45. The quantitative estimate of drug-likeness (QED) is 0.522. The zero-order valence-electron chi connectivity index (χ0n) is 16.4. The van der Waals surface area contributed by atoms with Crippen LogP contribution >= 0.6 is 0 Å². The third-order valence-corrected chi connectivity index (χ3v) is 4.69. The van der Waals surface area contributed by atoms with Crippen molar-refractivity contribution in [2.45, 2.75) is 80.6 Å². The van der Waals surface area contributed by atoms with Crippen molar-refractivity contribution in [3.63, 3.8) is 0 Å². The number of phenolic OH excluding ortho intramolecular Hbond substituents is 2. The highest BCUT2D eigenvalue weighted by atomic mass is 16.3. The highest BCUT2D eigenvalue weighted by Gasteiger charge is 2.29. The molecule has 0 spiro atoms. The number of aromatic hydroxyl groups is 2. The lowest BCUT2D eigenvalue weighted by Crippen LogP contribution is -2.19. The second-order valence-electron chi connectivity index (χ2n) is 8.82. The lowest BCUT2D eigenvalue weighted by atomic mass is 9.76. The minimum absolute atomic E-state index is 0.233. The van der Waals surface area contributed by atoms with E-state index in [1.54, 1.807) is 0 Å². The molecule has 0 aromatic heterocycles. The van der Waals surface area contributed by atoms with E-state index in [9.17, 15) is 10.2 Å². The van der Waals surface area contributed by atoms with Crippen LogP contribution in [0, 0.1) is 26.2 Å². The molecule has 0 aliphatic heterocycles. The predicted octanol–water partition coefficient (Wildman–Crippen LogP) is 6.07. The van der Waals surface area contributed by atoms with Crippen molar-refractivity contribution in [3.05, 3.63) is 33.9 Å². The van der Waals surface area contributed by atoms with E-state index in [0.717, 1.165) is 35.1 Å². The number of phenols is 2. The summed E-state index contributed by atoms with van der Waals surface area (Å²) in [5.74, 6) is 0.628. The van der Waals surface area contributed by atoms with Gasteiger partial charge in [0.05, 0.1) is 0 Å². The number of benzene rings is 1. The smallest absolute Gasteiger partial charge is 0.123 e. The van der Waals surface area contributed by atoms with Gasteiger partial charge in [-0.2, -0.15) is 0 Å². The Morgan fingerprint density at radius 1 is 0.870 bits per heavy atom. The minimum atomic E-state index is -0.233. The third-order valence-electron chi connectivity index (χ3n) is 4.69. The van der Waals surface area contributed by atoms with Crippen LogP contribution in [-0.2, 0) is 5.41 Å². The van der Waals surface area contributed by atoms with Crippen molar-refractivity contribution in [1.82, 2.24) is 0 Å². The van der Waals surface area contributed by atoms with Crippen molar-refractivity contribution in [2.75, 3.05) is 0 Å². The Morgan fingerprint density at radius 3 is 1.83 bits per heavy atom. The molecule has 0 atom stereocenters. The monoisotopic (exact) mass is 318 g/mol. The zero-order chi connectivity index (χ0) is 18.2. The van der Waals surface area contributed by atoms with Crippen LogP contribution in [0.2, 0.25) is 0 Å². The van der Waals surface area contributed by atoms with E-state index in [2.05, 4.69) is 47.6 Å². The van der Waals surface area contributed by atoms with Crippen LogP contribution in [0.1, 0.15) is 76.6 Å². The topological polar surface area (TPSA) is 40.5 Å². The van der Waals surface area contributed by atoms with E-state index in [4.69, 9.17) is 0 Å². The molecule has 1 aromatic rings. The molecule has 0 aliphatic rings. The van der Waals surface area contributed by atoms with Crippen molar-refractivity contribution < 1.29 is 10.2 Å². The summed E-state index contributed by atoms with van der Waals surface area (Å²) in [6.45, 7) is 18.8. The molecule has 0 saturated carbocycles. The first kappa shape index (κ1) is 19.6. The normalized spacial score (nSPS) is 13.5. The summed E-state index contributed by atoms with van der Waals surface area (Å²) in [6.07, 6.45) is 4.17. The van der Waals surface area contributed by atoms with Crippen LogP contribution < -0.4 is 0 Å². The molecule has 2 N–H and O–H groups in total. The summed E-state index contributed by atoms with van der Waals surface area (Å²) >= 11 is 0. The summed E-state index contributed by atoms with van der Waals surface area (Å²) in [5, 5.41) is 21.0. The molecular formula is C21H34O2. The fourth-order valence-electron chi connectivity index (χ4n) is 3.39. The van der Waals surface area contributed by atoms with E-state index in [0.29, 0.717) is 11.5 Å². The minimum Gasteiger partial charge on any atom is -0.507 e. The highest BCUT2D eigenvalue weighted by molar-refractivity contribution is 5.59. The largest absolute Gasteiger partial charge is 0.507 e. The van der Waals surface area contributed by atoms with Crippen LogP contribution in [0.25, 0.3) is 0 Å². The Kier molecular flexibility index (Phi) is 5.61. The Labute approximate surface area is 142 Å². The summed E-state index contributed by atoms with van der Waals surface area (Å²) in [5.41, 5.74) is 4.60. The maximum atomic E-state index is 10.6. The van der Waals surface area contributed by atoms with Gasteiger partial charge >= 0.3 is 0 Å². The second kappa shape index (κ2) is 6.59. The maximum absolute atomic E-state index is 10.6. The zero-order valence-corrected chi connectivity index (χ0v) is 16.4. The van der Waals surface area contributed by atoms with Gasteiger partial charge in [-0.3, -0.25) is 0 Å². The standard InChI is InChI=1S/C21H34O2/c1-13(12-20(5,6)7)10-11-21(8,9)17-16(4)18(22)14(2)15(3)19(17)23/h10,22-23H,11-12H2,1-9H3. The number of hydrogen-bond acceptors (Lipinski definition) is 2. The van der Waals surface area contributed by atoms with Gasteiger partial charge in [0, 0.05) is 5.56 Å². The van der Waals surface area contributed by atoms with Crippen LogP contribution in [0.4, 0.5) is 0 Å². The van der Waals surface area contributed by atoms with Gasteiger partial charge in [0.2, 0.25) is 0 Å². The van der Waals surface area contributed by atoms with Crippen molar-refractivity contribution in [3.8, 4) is 11.5 Å². The molecule has 0 radical (unpaired) electrons. The van der Waals surface area contributed by atoms with E-state index in [-0.39, 0.29) is 10.8 Å². The van der Waals surface area contributed by atoms with Crippen LogP contribution in [0.5, 0.6) is 11.5 Å². The fourth-order valence-corrected chi connectivity index (χ4v) is 3.39. The van der Waals surface area contributed by atoms with Crippen LogP contribution in [0.15, 0.2) is 11.6 Å². The molecule has 1 rings (SSSR count). The molecule has 130 valence electrons. The summed E-state index contributed by atoms with van der Waals surface area (Å²) < 4.78 is 0. The SMILES string of the molecule is CC(=CCC(C)(C)c1c(C)c(O)c(C)c(C)c1O)CC(C)(C)C. The van der Waals surface area contributed by atoms with Crippen molar-refractivity contribution in [1.29, 1.82) is 0 Å². The number of allylic oxidation sites excluding steroid dienone is 2. The van der Waals surface area contributed by atoms with Gasteiger partial charge in [-0.1, -0.05) is 46.3 Å². The average molecular weight is 319 g/mol. The molecule has 2 nitrogen and oxygen atoms in total. The Morgan fingerprint density at radius 2 is 1.35 bits per heavy atom. The van der Waals surface area contributed by atoms with E-state index < -0.39 is 0 Å². The third kappa shape index (κ3) is 4.53. The summed E-state index contributed by atoms with van der Waals surface area (Å²) in [7, 11) is 0. The van der Waals surface area contributed by atoms with E-state index in [1.165, 1.54) is 5.57 Å². The molecule has 23 heavy (non-hydrogen) atoms. The Balaban J connectivity index is 3.22. The second-order valence-corrected chi connectivity index (χ2v) is 8.82. The van der Waals surface area contributed by atoms with Gasteiger partial charge in [0.15, 0.2) is 0 Å². The molecular weight excluding hydrogens is 284 g/mol. The number of rotatable bonds is 4. The van der Waals surface area contributed by atoms with Gasteiger partial charge in [-0.05, 0) is 68.1 Å². The van der Waals surface area contributed by atoms with Crippen LogP contribution in [-0.4, -0.2) is 10.2 Å². The highest BCUT2D eigenvalue weighted by Crippen LogP contribution is 2.44. The van der Waals surface area contributed by atoms with E-state index in [1.807, 2.05) is 20.8 Å². The molecule has 0 saturated heterocycles. The molecule has 0 fully saturated rings. The Bertz CT molecular complexity index is 585. The molecule has 0 aliphatic carbocycles. The van der Waals surface area contributed by atoms with Gasteiger partial charge in [-0.25, -0.2) is 0 Å². The van der Waals surface area contributed by atoms with Gasteiger partial charge < -0.3 is 10.2 Å². The molecule has 1 aromatic carbocycles. The molecule has 0 amide bonds. The van der Waals surface area contributed by atoms with Crippen molar-refractivity contribution in [2.24, 2.45) is 5.41 Å². The molecule has 2 heteroatoms. The average Bonchev–Trinajstić information content (AvgIpc) is 2.39. The first-order valence-corrected chi connectivity index (χ1v) is 8.45. The lowest BCUT2D eigenvalue weighted by molar-refractivity contribution is 0.404. The van der Waals surface area contributed by atoms with Crippen molar-refractivity contribution >= 4 is 0 Å².